The Balaban J connectivity index is 1.92. The predicted molar refractivity (Wildman–Crippen MR) is 65.7 cm³/mol. The molecule has 4 nitrogen and oxygen atoms in total. The Kier molecular flexibility index (Phi) is 3.56. The van der Waals surface area contributed by atoms with Crippen molar-refractivity contribution in [2.24, 2.45) is 5.92 Å². The van der Waals surface area contributed by atoms with Gasteiger partial charge in [0, 0.05) is 17.3 Å². The summed E-state index contributed by atoms with van der Waals surface area (Å²) in [5.41, 5.74) is 0.957. The molecule has 0 saturated carbocycles. The summed E-state index contributed by atoms with van der Waals surface area (Å²) in [6.07, 6.45) is 1.83. The van der Waals surface area contributed by atoms with Gasteiger partial charge in [-0.25, -0.2) is 4.98 Å². The summed E-state index contributed by atoms with van der Waals surface area (Å²) in [5, 5.41) is 8.90. The zero-order chi connectivity index (χ0) is 11.5. The molecule has 2 rings (SSSR count). The van der Waals surface area contributed by atoms with Gasteiger partial charge in [-0.1, -0.05) is 0 Å². The lowest BCUT2D eigenvalue weighted by Gasteiger charge is -2.26. The Morgan fingerprint density at radius 2 is 2.50 bits per heavy atom. The van der Waals surface area contributed by atoms with E-state index < -0.39 is 0 Å². The zero-order valence-corrected chi connectivity index (χ0v) is 10.4. The number of carbonyl (C=O) groups excluding carboxylic acids is 1. The first-order valence-corrected chi connectivity index (χ1v) is 6.49. The molecule has 1 aromatic rings. The van der Waals surface area contributed by atoms with E-state index in [0.717, 1.165) is 25.1 Å². The summed E-state index contributed by atoms with van der Waals surface area (Å²) in [7, 11) is 0. The molecule has 2 atom stereocenters. The van der Waals surface area contributed by atoms with Crippen molar-refractivity contribution in [1.29, 1.82) is 0 Å². The van der Waals surface area contributed by atoms with E-state index in [0.29, 0.717) is 11.2 Å². The van der Waals surface area contributed by atoms with Crippen molar-refractivity contribution >= 4 is 22.4 Å². The van der Waals surface area contributed by atoms with E-state index in [1.165, 1.54) is 11.3 Å². The smallest absolute Gasteiger partial charge is 0.229 e. The third kappa shape index (κ3) is 2.80. The number of hydrogen-bond donors (Lipinski definition) is 2. The summed E-state index contributed by atoms with van der Waals surface area (Å²) < 4.78 is 0. The van der Waals surface area contributed by atoms with Crippen molar-refractivity contribution in [2.75, 3.05) is 11.9 Å². The van der Waals surface area contributed by atoms with Crippen LogP contribution in [0.25, 0.3) is 0 Å². The van der Waals surface area contributed by atoms with Crippen LogP contribution >= 0.6 is 11.3 Å². The average molecular weight is 239 g/mol. The number of aromatic nitrogens is 1. The van der Waals surface area contributed by atoms with Crippen molar-refractivity contribution in [3.8, 4) is 0 Å². The van der Waals surface area contributed by atoms with Gasteiger partial charge in [0.2, 0.25) is 5.91 Å². The molecule has 1 aliphatic rings. The maximum atomic E-state index is 12.0. The van der Waals surface area contributed by atoms with Crippen molar-refractivity contribution in [3.05, 3.63) is 11.1 Å². The van der Waals surface area contributed by atoms with Crippen molar-refractivity contribution < 1.29 is 4.79 Å². The molecule has 1 aromatic heterocycles. The highest BCUT2D eigenvalue weighted by Crippen LogP contribution is 2.20. The highest BCUT2D eigenvalue weighted by Gasteiger charge is 2.25. The van der Waals surface area contributed by atoms with Gasteiger partial charge in [-0.2, -0.15) is 0 Å². The number of anilines is 1. The average Bonchev–Trinajstić information content (AvgIpc) is 2.64. The molecule has 2 N–H and O–H groups in total. The Labute approximate surface area is 99.5 Å². The lowest BCUT2D eigenvalue weighted by Crippen LogP contribution is -2.40. The first kappa shape index (κ1) is 11.5. The highest BCUT2D eigenvalue weighted by atomic mass is 32.1. The monoisotopic (exact) mass is 239 g/mol. The minimum Gasteiger partial charge on any atom is -0.314 e. The van der Waals surface area contributed by atoms with Gasteiger partial charge in [-0.15, -0.1) is 11.3 Å². The summed E-state index contributed by atoms with van der Waals surface area (Å²) in [6.45, 7) is 4.97. The fraction of sp³-hybridized carbons (Fsp3) is 0.636. The number of aryl methyl sites for hydroxylation is 1. The van der Waals surface area contributed by atoms with E-state index in [1.807, 2.05) is 12.3 Å². The van der Waals surface area contributed by atoms with Crippen LogP contribution < -0.4 is 10.6 Å². The number of carbonyl (C=O) groups is 1. The maximum Gasteiger partial charge on any atom is 0.229 e. The molecule has 1 fully saturated rings. The molecule has 0 spiro atoms. The summed E-state index contributed by atoms with van der Waals surface area (Å²) >= 11 is 1.48. The molecule has 5 heteroatoms. The van der Waals surface area contributed by atoms with Crippen molar-refractivity contribution in [3.63, 3.8) is 0 Å². The first-order chi connectivity index (χ1) is 7.65. The van der Waals surface area contributed by atoms with Gasteiger partial charge < -0.3 is 10.6 Å². The maximum absolute atomic E-state index is 12.0. The molecule has 0 aromatic carbocycles. The largest absolute Gasteiger partial charge is 0.314 e. The minimum atomic E-state index is 0.114. The van der Waals surface area contributed by atoms with Crippen LogP contribution in [0.4, 0.5) is 5.13 Å². The van der Waals surface area contributed by atoms with E-state index >= 15 is 0 Å². The molecule has 0 radical (unpaired) electrons. The standard InChI is InChI=1S/C11H17N3OS/c1-7-5-9(3-4-12-7)10(15)14-11-13-8(2)6-16-11/h6-7,9,12H,3-5H2,1-2H3,(H,13,14,15)/t7-,9-/m0/s1. The van der Waals surface area contributed by atoms with E-state index in [9.17, 15) is 4.79 Å². The van der Waals surface area contributed by atoms with Crippen molar-refractivity contribution in [1.82, 2.24) is 10.3 Å². The van der Waals surface area contributed by atoms with Crippen LogP contribution in [0.5, 0.6) is 0 Å². The SMILES string of the molecule is Cc1csc(NC(=O)[C@H]2CCN[C@@H](C)C2)n1. The molecule has 0 unspecified atom stereocenters. The van der Waals surface area contributed by atoms with Gasteiger partial charge >= 0.3 is 0 Å². The Morgan fingerprint density at radius 3 is 3.12 bits per heavy atom. The number of hydrogen-bond acceptors (Lipinski definition) is 4. The number of nitrogens with zero attached hydrogens (tertiary/aromatic N) is 1. The van der Waals surface area contributed by atoms with Gasteiger partial charge in [0.05, 0.1) is 5.69 Å². The number of piperidine rings is 1. The van der Waals surface area contributed by atoms with Crippen LogP contribution in [-0.2, 0) is 4.79 Å². The van der Waals surface area contributed by atoms with Gasteiger partial charge in [-0.3, -0.25) is 4.79 Å². The van der Waals surface area contributed by atoms with Crippen LogP contribution in [-0.4, -0.2) is 23.5 Å². The van der Waals surface area contributed by atoms with E-state index in [4.69, 9.17) is 0 Å². The molecule has 0 aliphatic carbocycles. The number of thiazole rings is 1. The quantitative estimate of drug-likeness (QED) is 0.827. The second kappa shape index (κ2) is 4.93. The molecule has 16 heavy (non-hydrogen) atoms. The molecule has 1 amide bonds. The highest BCUT2D eigenvalue weighted by molar-refractivity contribution is 7.13. The first-order valence-electron chi connectivity index (χ1n) is 5.61. The topological polar surface area (TPSA) is 54.0 Å². The van der Waals surface area contributed by atoms with Gasteiger partial charge in [0.1, 0.15) is 0 Å². The Bertz CT molecular complexity index is 377. The zero-order valence-electron chi connectivity index (χ0n) is 9.62. The van der Waals surface area contributed by atoms with Crippen molar-refractivity contribution in [2.45, 2.75) is 32.7 Å². The lowest BCUT2D eigenvalue weighted by molar-refractivity contribution is -0.120. The van der Waals surface area contributed by atoms with E-state index in [1.54, 1.807) is 0 Å². The predicted octanol–water partition coefficient (Wildman–Crippen LogP) is 1.78. The summed E-state index contributed by atoms with van der Waals surface area (Å²) in [5.74, 6) is 0.239. The molecule has 2 heterocycles. The molecular formula is C11H17N3OS. The molecule has 1 saturated heterocycles. The van der Waals surface area contributed by atoms with Crippen LogP contribution in [0.2, 0.25) is 0 Å². The van der Waals surface area contributed by atoms with Crippen LogP contribution in [0, 0.1) is 12.8 Å². The van der Waals surface area contributed by atoms with E-state index in [-0.39, 0.29) is 11.8 Å². The fourth-order valence-corrected chi connectivity index (χ4v) is 2.68. The van der Waals surface area contributed by atoms with Gasteiger partial charge in [0.25, 0.3) is 0 Å². The van der Waals surface area contributed by atoms with Gasteiger partial charge in [0.15, 0.2) is 5.13 Å². The molecule has 88 valence electrons. The summed E-state index contributed by atoms with van der Waals surface area (Å²) in [6, 6.07) is 0.433. The molecule has 1 aliphatic heterocycles. The molecular weight excluding hydrogens is 222 g/mol. The second-order valence-electron chi connectivity index (χ2n) is 4.36. The Morgan fingerprint density at radius 1 is 1.69 bits per heavy atom. The fourth-order valence-electron chi connectivity index (χ4n) is 1.99. The number of nitrogens with one attached hydrogen (secondary N) is 2. The third-order valence-corrected chi connectivity index (χ3v) is 3.72. The van der Waals surface area contributed by atoms with Crippen LogP contribution in [0.1, 0.15) is 25.5 Å². The third-order valence-electron chi connectivity index (χ3n) is 2.84. The Hall–Kier alpha value is -0.940. The second-order valence-corrected chi connectivity index (χ2v) is 5.22. The minimum absolute atomic E-state index is 0.114. The van der Waals surface area contributed by atoms with Crippen LogP contribution in [0.3, 0.4) is 0 Å². The normalized spacial score (nSPS) is 25.4. The number of amides is 1. The lowest BCUT2D eigenvalue weighted by atomic mass is 9.93. The van der Waals surface area contributed by atoms with E-state index in [2.05, 4.69) is 22.5 Å². The molecule has 0 bridgehead atoms. The number of rotatable bonds is 2. The van der Waals surface area contributed by atoms with Crippen LogP contribution in [0.15, 0.2) is 5.38 Å². The summed E-state index contributed by atoms with van der Waals surface area (Å²) in [4.78, 5) is 16.2. The van der Waals surface area contributed by atoms with Gasteiger partial charge in [-0.05, 0) is 33.2 Å².